The Balaban J connectivity index is 1.21. The first-order valence-corrected chi connectivity index (χ1v) is 11.2. The van der Waals surface area contributed by atoms with E-state index in [2.05, 4.69) is 34.9 Å². The van der Waals surface area contributed by atoms with Crippen molar-refractivity contribution < 1.29 is 24.2 Å². The van der Waals surface area contributed by atoms with Gasteiger partial charge >= 0.3 is 12.1 Å². The average molecular weight is 479 g/mol. The molecule has 0 bridgehead atoms. The molecule has 0 saturated heterocycles. The maximum atomic E-state index is 12.2. The van der Waals surface area contributed by atoms with E-state index >= 15 is 0 Å². The molecule has 3 aromatic rings. The van der Waals surface area contributed by atoms with Gasteiger partial charge in [-0.2, -0.15) is 0 Å². The first-order chi connectivity index (χ1) is 16.4. The summed E-state index contributed by atoms with van der Waals surface area (Å²) in [7, 11) is 0. The van der Waals surface area contributed by atoms with Gasteiger partial charge in [0.15, 0.2) is 0 Å². The van der Waals surface area contributed by atoms with Crippen molar-refractivity contribution in [3.05, 3.63) is 88.4 Å². The van der Waals surface area contributed by atoms with Crippen LogP contribution in [-0.2, 0) is 9.53 Å². The monoisotopic (exact) mass is 478 g/mol. The number of anilines is 1. The second-order valence-corrected chi connectivity index (χ2v) is 8.31. The molecule has 0 unspecified atom stereocenters. The van der Waals surface area contributed by atoms with E-state index in [0.29, 0.717) is 12.1 Å². The topological polar surface area (TPSA) is 105 Å². The molecule has 0 heterocycles. The molecule has 3 N–H and O–H groups in total. The lowest BCUT2D eigenvalue weighted by atomic mass is 9.98. The largest absolute Gasteiger partial charge is 0.478 e. The minimum atomic E-state index is -1.14. The number of carboxylic acid groups (broad SMARTS) is 1. The highest BCUT2D eigenvalue weighted by molar-refractivity contribution is 6.33. The Morgan fingerprint density at radius 1 is 0.941 bits per heavy atom. The summed E-state index contributed by atoms with van der Waals surface area (Å²) >= 11 is 5.91. The molecule has 0 aliphatic heterocycles. The predicted molar refractivity (Wildman–Crippen MR) is 129 cm³/mol. The number of benzene rings is 3. The lowest BCUT2D eigenvalue weighted by molar-refractivity contribution is -0.116. The summed E-state index contributed by atoms with van der Waals surface area (Å²) in [4.78, 5) is 35.3. The van der Waals surface area contributed by atoms with E-state index in [9.17, 15) is 14.4 Å². The number of carboxylic acids is 1. The first-order valence-electron chi connectivity index (χ1n) is 10.9. The number of amides is 2. The second kappa shape index (κ2) is 10.4. The molecule has 174 valence electrons. The lowest BCUT2D eigenvalue weighted by Crippen LogP contribution is -2.27. The van der Waals surface area contributed by atoms with Gasteiger partial charge in [-0.15, -0.1) is 0 Å². The molecule has 3 aromatic carbocycles. The third-order valence-electron chi connectivity index (χ3n) is 5.68. The van der Waals surface area contributed by atoms with Crippen LogP contribution in [0.5, 0.6) is 0 Å². The van der Waals surface area contributed by atoms with Crippen molar-refractivity contribution in [2.75, 3.05) is 18.5 Å². The van der Waals surface area contributed by atoms with Crippen molar-refractivity contribution in [1.82, 2.24) is 5.32 Å². The second-order valence-electron chi connectivity index (χ2n) is 7.90. The number of hydrogen-bond acceptors (Lipinski definition) is 4. The van der Waals surface area contributed by atoms with E-state index in [1.165, 1.54) is 18.2 Å². The average Bonchev–Trinajstić information content (AvgIpc) is 3.14. The summed E-state index contributed by atoms with van der Waals surface area (Å²) in [6, 6.07) is 20.4. The minimum absolute atomic E-state index is 0.0109. The van der Waals surface area contributed by atoms with Crippen molar-refractivity contribution in [1.29, 1.82) is 0 Å². The van der Waals surface area contributed by atoms with Crippen LogP contribution >= 0.6 is 11.6 Å². The third-order valence-corrected chi connectivity index (χ3v) is 5.99. The summed E-state index contributed by atoms with van der Waals surface area (Å²) in [5.41, 5.74) is 4.99. The molecular weight excluding hydrogens is 456 g/mol. The van der Waals surface area contributed by atoms with Gasteiger partial charge in [0.2, 0.25) is 5.91 Å². The molecule has 4 rings (SSSR count). The molecule has 34 heavy (non-hydrogen) atoms. The van der Waals surface area contributed by atoms with Crippen molar-refractivity contribution in [2.45, 2.75) is 18.8 Å². The van der Waals surface area contributed by atoms with Crippen LogP contribution in [0.1, 0.15) is 40.2 Å². The molecule has 2 amide bonds. The smallest absolute Gasteiger partial charge is 0.407 e. The minimum Gasteiger partial charge on any atom is -0.478 e. The number of hydrogen-bond donors (Lipinski definition) is 3. The highest BCUT2D eigenvalue weighted by Crippen LogP contribution is 2.44. The molecule has 1 aliphatic rings. The van der Waals surface area contributed by atoms with E-state index < -0.39 is 12.1 Å². The summed E-state index contributed by atoms with van der Waals surface area (Å²) in [6.45, 7) is 0.510. The number of rotatable bonds is 8. The van der Waals surface area contributed by atoms with Crippen LogP contribution in [0.3, 0.4) is 0 Å². The van der Waals surface area contributed by atoms with Crippen LogP contribution in [0.2, 0.25) is 5.02 Å². The van der Waals surface area contributed by atoms with Crippen molar-refractivity contribution >= 4 is 35.3 Å². The van der Waals surface area contributed by atoms with E-state index in [-0.39, 0.29) is 42.0 Å². The zero-order valence-electron chi connectivity index (χ0n) is 18.2. The number of aromatic carboxylic acids is 1. The number of halogens is 1. The van der Waals surface area contributed by atoms with Gasteiger partial charge in [0.1, 0.15) is 6.61 Å². The number of fused-ring (bicyclic) bond motifs is 3. The van der Waals surface area contributed by atoms with Crippen LogP contribution in [0.4, 0.5) is 10.5 Å². The summed E-state index contributed by atoms with van der Waals surface area (Å²) in [5, 5.41) is 14.4. The van der Waals surface area contributed by atoms with Crippen LogP contribution in [0.15, 0.2) is 66.7 Å². The number of carbonyl (C=O) groups excluding carboxylic acids is 2. The standard InChI is InChI=1S/C26H23ClN2O5/c27-23-14-16(11-12-21(23)25(31)32)29-24(30)10-5-13-28-26(33)34-15-22-19-8-3-1-6-17(19)18-7-2-4-9-20(18)22/h1-4,6-9,11-12,14,22H,5,10,13,15H2,(H,28,33)(H,29,30)(H,31,32). The molecule has 0 aromatic heterocycles. The van der Waals surface area contributed by atoms with E-state index in [0.717, 1.165) is 22.3 Å². The predicted octanol–water partition coefficient (Wildman–Crippen LogP) is 5.30. The lowest BCUT2D eigenvalue weighted by Gasteiger charge is -2.14. The number of alkyl carbamates (subject to hydrolysis) is 1. The fourth-order valence-electron chi connectivity index (χ4n) is 4.08. The number of carbonyl (C=O) groups is 3. The summed E-state index contributed by atoms with van der Waals surface area (Å²) < 4.78 is 5.47. The van der Waals surface area contributed by atoms with Crippen LogP contribution in [0, 0.1) is 0 Å². The highest BCUT2D eigenvalue weighted by atomic mass is 35.5. The quantitative estimate of drug-likeness (QED) is 0.381. The molecule has 0 radical (unpaired) electrons. The molecule has 0 saturated carbocycles. The van der Waals surface area contributed by atoms with Crippen molar-refractivity contribution in [3.63, 3.8) is 0 Å². The number of ether oxygens (including phenoxy) is 1. The Hall–Kier alpha value is -3.84. The normalized spacial score (nSPS) is 11.9. The van der Waals surface area contributed by atoms with Gasteiger partial charge in [-0.25, -0.2) is 9.59 Å². The zero-order chi connectivity index (χ0) is 24.1. The van der Waals surface area contributed by atoms with Gasteiger partial charge in [-0.05, 0) is 46.9 Å². The fourth-order valence-corrected chi connectivity index (χ4v) is 4.34. The molecule has 0 fully saturated rings. The van der Waals surface area contributed by atoms with Gasteiger partial charge in [0, 0.05) is 24.6 Å². The molecule has 0 atom stereocenters. The molecular formula is C26H23ClN2O5. The Labute approximate surface area is 201 Å². The van der Waals surface area contributed by atoms with E-state index in [1.807, 2.05) is 24.3 Å². The maximum Gasteiger partial charge on any atom is 0.407 e. The first kappa shape index (κ1) is 23.3. The third kappa shape index (κ3) is 5.21. The molecule has 0 spiro atoms. The van der Waals surface area contributed by atoms with Gasteiger partial charge in [0.05, 0.1) is 10.6 Å². The SMILES string of the molecule is O=C(CCCNC(=O)OCC1c2ccccc2-c2ccccc21)Nc1ccc(C(=O)O)c(Cl)c1. The summed E-state index contributed by atoms with van der Waals surface area (Å²) in [6.07, 6.45) is 0.0529. The van der Waals surface area contributed by atoms with Crippen LogP contribution in [-0.4, -0.2) is 36.2 Å². The molecule has 1 aliphatic carbocycles. The Morgan fingerprint density at radius 2 is 1.59 bits per heavy atom. The highest BCUT2D eigenvalue weighted by Gasteiger charge is 2.28. The van der Waals surface area contributed by atoms with Crippen molar-refractivity contribution in [2.24, 2.45) is 0 Å². The van der Waals surface area contributed by atoms with Gasteiger partial charge in [0.25, 0.3) is 0 Å². The molecule has 8 heteroatoms. The maximum absolute atomic E-state index is 12.2. The van der Waals surface area contributed by atoms with E-state index in [4.69, 9.17) is 21.4 Å². The molecule has 7 nitrogen and oxygen atoms in total. The summed E-state index contributed by atoms with van der Waals surface area (Å²) in [5.74, 6) is -1.42. The van der Waals surface area contributed by atoms with Gasteiger partial charge in [-0.1, -0.05) is 60.1 Å². The van der Waals surface area contributed by atoms with Crippen molar-refractivity contribution in [3.8, 4) is 11.1 Å². The zero-order valence-corrected chi connectivity index (χ0v) is 19.0. The van der Waals surface area contributed by atoms with Crippen LogP contribution in [0.25, 0.3) is 11.1 Å². The van der Waals surface area contributed by atoms with Gasteiger partial charge < -0.3 is 20.5 Å². The van der Waals surface area contributed by atoms with Crippen LogP contribution < -0.4 is 10.6 Å². The Kier molecular flexibility index (Phi) is 7.13. The number of nitrogens with one attached hydrogen (secondary N) is 2. The fraction of sp³-hybridized carbons (Fsp3) is 0.192. The van der Waals surface area contributed by atoms with Gasteiger partial charge in [-0.3, -0.25) is 4.79 Å². The Morgan fingerprint density at radius 3 is 2.21 bits per heavy atom. The van der Waals surface area contributed by atoms with E-state index in [1.54, 1.807) is 0 Å². The Bertz CT molecular complexity index is 1200.